The summed E-state index contributed by atoms with van der Waals surface area (Å²) in [5.74, 6) is 1.11. The zero-order valence-electron chi connectivity index (χ0n) is 18.5. The van der Waals surface area contributed by atoms with E-state index in [-0.39, 0.29) is 11.5 Å². The van der Waals surface area contributed by atoms with E-state index in [0.717, 1.165) is 56.7 Å². The first-order chi connectivity index (χ1) is 15.5. The molecule has 4 heterocycles. The van der Waals surface area contributed by atoms with E-state index in [2.05, 4.69) is 11.0 Å². The minimum atomic E-state index is 0.116. The summed E-state index contributed by atoms with van der Waals surface area (Å²) in [6.07, 6.45) is 7.17. The van der Waals surface area contributed by atoms with Crippen molar-refractivity contribution >= 4 is 29.7 Å². The van der Waals surface area contributed by atoms with Crippen molar-refractivity contribution in [2.75, 3.05) is 26.2 Å². The van der Waals surface area contributed by atoms with Crippen molar-refractivity contribution in [2.45, 2.75) is 44.7 Å². The van der Waals surface area contributed by atoms with Crippen molar-refractivity contribution in [1.82, 2.24) is 14.4 Å². The van der Waals surface area contributed by atoms with Crippen LogP contribution < -0.4 is 5.56 Å². The minimum Gasteiger partial charge on any atom is -0.343 e. The third-order valence-electron chi connectivity index (χ3n) is 7.41. The quantitative estimate of drug-likeness (QED) is 0.705. The highest BCUT2D eigenvalue weighted by atomic mass is 35.5. The van der Waals surface area contributed by atoms with E-state index in [4.69, 9.17) is 11.6 Å². The summed E-state index contributed by atoms with van der Waals surface area (Å²) in [6, 6.07) is 12.3. The lowest BCUT2D eigenvalue weighted by atomic mass is 9.81. The number of amides is 1. The highest BCUT2D eigenvalue weighted by Crippen LogP contribution is 2.37. The van der Waals surface area contributed by atoms with Crippen LogP contribution in [0.3, 0.4) is 0 Å². The summed E-state index contributed by atoms with van der Waals surface area (Å²) < 4.78 is 2.02. The Balaban J connectivity index is 1.32. The fraction of sp³-hybridized carbons (Fsp3) is 0.462. The number of fused-ring (bicyclic) bond motifs is 4. The Morgan fingerprint density at radius 2 is 1.75 bits per heavy atom. The number of hydrogen-bond donors (Lipinski definition) is 0. The smallest absolute Gasteiger partial charge is 0.258 e. The van der Waals surface area contributed by atoms with Crippen LogP contribution in [0, 0.1) is 5.92 Å². The number of aromatic nitrogens is 1. The van der Waals surface area contributed by atoms with E-state index in [1.54, 1.807) is 6.92 Å². The van der Waals surface area contributed by atoms with Gasteiger partial charge in [0.25, 0.3) is 5.56 Å². The second-order valence-corrected chi connectivity index (χ2v) is 9.94. The van der Waals surface area contributed by atoms with Crippen LogP contribution in [0.5, 0.6) is 0 Å². The molecule has 2 saturated heterocycles. The number of halogens is 1. The molecule has 3 aliphatic heterocycles. The van der Waals surface area contributed by atoms with Gasteiger partial charge in [0.2, 0.25) is 5.91 Å². The van der Waals surface area contributed by atoms with Crippen LogP contribution in [-0.4, -0.2) is 52.5 Å². The molecule has 1 aromatic heterocycles. The zero-order valence-corrected chi connectivity index (χ0v) is 19.3. The second-order valence-electron chi connectivity index (χ2n) is 9.50. The van der Waals surface area contributed by atoms with Crippen LogP contribution in [0.25, 0.3) is 12.2 Å². The highest BCUT2D eigenvalue weighted by molar-refractivity contribution is 6.30. The van der Waals surface area contributed by atoms with Crippen molar-refractivity contribution in [2.24, 2.45) is 5.92 Å². The molecule has 2 atom stereocenters. The molecule has 0 spiro atoms. The number of carbonyl (C=O) groups excluding carboxylic acids is 1. The molecule has 2 aromatic rings. The molecule has 5 rings (SSSR count). The molecule has 168 valence electrons. The number of nitrogens with zero attached hydrogens (tertiary/aromatic N) is 3. The largest absolute Gasteiger partial charge is 0.343 e. The van der Waals surface area contributed by atoms with E-state index in [9.17, 15) is 9.59 Å². The molecule has 6 heteroatoms. The van der Waals surface area contributed by atoms with Gasteiger partial charge in [0.1, 0.15) is 0 Å². The predicted octanol–water partition coefficient (Wildman–Crippen LogP) is 4.10. The fourth-order valence-electron chi connectivity index (χ4n) is 5.73. The van der Waals surface area contributed by atoms with Crippen molar-refractivity contribution in [1.29, 1.82) is 0 Å². The van der Waals surface area contributed by atoms with E-state index >= 15 is 0 Å². The van der Waals surface area contributed by atoms with E-state index in [0.29, 0.717) is 22.9 Å². The molecule has 0 N–H and O–H groups in total. The summed E-state index contributed by atoms with van der Waals surface area (Å²) in [4.78, 5) is 29.5. The maximum Gasteiger partial charge on any atom is 0.258 e. The molecular weight excluding hydrogens is 422 g/mol. The molecule has 1 amide bonds. The lowest BCUT2D eigenvalue weighted by Crippen LogP contribution is -2.53. The van der Waals surface area contributed by atoms with Crippen LogP contribution in [0.15, 0.2) is 41.2 Å². The van der Waals surface area contributed by atoms with Crippen LogP contribution in [0.1, 0.15) is 48.9 Å². The van der Waals surface area contributed by atoms with Gasteiger partial charge < -0.3 is 9.47 Å². The van der Waals surface area contributed by atoms with Gasteiger partial charge in [-0.3, -0.25) is 14.5 Å². The third kappa shape index (κ3) is 4.28. The summed E-state index contributed by atoms with van der Waals surface area (Å²) in [7, 11) is 0. The monoisotopic (exact) mass is 451 g/mol. The number of likely N-dealkylation sites (tertiary alicyclic amines) is 2. The predicted molar refractivity (Wildman–Crippen MR) is 129 cm³/mol. The van der Waals surface area contributed by atoms with Gasteiger partial charge in [-0.1, -0.05) is 29.8 Å². The van der Waals surface area contributed by atoms with Gasteiger partial charge in [0.15, 0.2) is 0 Å². The van der Waals surface area contributed by atoms with Gasteiger partial charge in [-0.2, -0.15) is 0 Å². The lowest BCUT2D eigenvalue weighted by molar-refractivity contribution is -0.130. The highest BCUT2D eigenvalue weighted by Gasteiger charge is 2.38. The van der Waals surface area contributed by atoms with E-state index in [1.165, 1.54) is 12.1 Å². The Labute approximate surface area is 194 Å². The SMILES string of the molecule is CC(=O)N1CCC(N2C[C@@H]3C[C@H](C2)c2ccc(/C=C/c4ccc(Cl)cc4)c(=O)n2C3)CC1. The van der Waals surface area contributed by atoms with Gasteiger partial charge in [0, 0.05) is 67.9 Å². The molecule has 0 unspecified atom stereocenters. The normalized spacial score (nSPS) is 24.0. The molecule has 0 saturated carbocycles. The number of rotatable bonds is 3. The van der Waals surface area contributed by atoms with Crippen LogP contribution in [0.2, 0.25) is 5.02 Å². The summed E-state index contributed by atoms with van der Waals surface area (Å²) in [5.41, 5.74) is 3.06. The number of hydrogen-bond acceptors (Lipinski definition) is 3. The number of carbonyl (C=O) groups is 1. The Kier molecular flexibility index (Phi) is 5.95. The molecule has 0 aliphatic carbocycles. The Bertz CT molecular complexity index is 1080. The number of benzene rings is 1. The average molecular weight is 452 g/mol. The first kappa shape index (κ1) is 21.5. The molecule has 1 aromatic carbocycles. The van der Waals surface area contributed by atoms with Gasteiger partial charge in [-0.25, -0.2) is 0 Å². The molecule has 0 radical (unpaired) electrons. The first-order valence-corrected chi connectivity index (χ1v) is 12.0. The molecule has 5 nitrogen and oxygen atoms in total. The van der Waals surface area contributed by atoms with Crippen molar-refractivity contribution in [3.05, 3.63) is 68.6 Å². The Morgan fingerprint density at radius 1 is 1.00 bits per heavy atom. The van der Waals surface area contributed by atoms with Gasteiger partial charge >= 0.3 is 0 Å². The minimum absolute atomic E-state index is 0.116. The molecule has 2 fully saturated rings. The van der Waals surface area contributed by atoms with Crippen LogP contribution >= 0.6 is 11.6 Å². The maximum atomic E-state index is 13.2. The van der Waals surface area contributed by atoms with Gasteiger partial charge in [-0.05, 0) is 61.1 Å². The van der Waals surface area contributed by atoms with Crippen molar-refractivity contribution in [3.63, 3.8) is 0 Å². The summed E-state index contributed by atoms with van der Waals surface area (Å²) >= 11 is 5.96. The average Bonchev–Trinajstić information content (AvgIpc) is 2.80. The number of piperidine rings is 2. The van der Waals surface area contributed by atoms with Crippen molar-refractivity contribution < 1.29 is 4.79 Å². The molecule has 32 heavy (non-hydrogen) atoms. The molecule has 2 bridgehead atoms. The first-order valence-electron chi connectivity index (χ1n) is 11.6. The summed E-state index contributed by atoms with van der Waals surface area (Å²) in [6.45, 7) is 6.27. The Hall–Kier alpha value is -2.37. The topological polar surface area (TPSA) is 45.6 Å². The molecule has 3 aliphatic rings. The van der Waals surface area contributed by atoms with Crippen LogP contribution in [0.4, 0.5) is 0 Å². The fourth-order valence-corrected chi connectivity index (χ4v) is 5.86. The Morgan fingerprint density at radius 3 is 2.47 bits per heavy atom. The lowest BCUT2D eigenvalue weighted by Gasteiger charge is -2.47. The standard InChI is InChI=1S/C26H30ClN3O2/c1-18(31)28-12-10-24(11-13-28)29-15-20-14-22(17-29)25-9-6-21(26(32)30(25)16-20)5-2-19-3-7-23(27)8-4-19/h2-9,20,22,24H,10-17H2,1H3/b5-2+/t20-,22+/m0/s1. The van der Waals surface area contributed by atoms with Crippen molar-refractivity contribution in [3.8, 4) is 0 Å². The zero-order chi connectivity index (χ0) is 22.2. The third-order valence-corrected chi connectivity index (χ3v) is 7.67. The summed E-state index contributed by atoms with van der Waals surface area (Å²) in [5, 5.41) is 0.709. The van der Waals surface area contributed by atoms with E-state index in [1.807, 2.05) is 52.0 Å². The molecular formula is C26H30ClN3O2. The van der Waals surface area contributed by atoms with Gasteiger partial charge in [0.05, 0.1) is 0 Å². The number of pyridine rings is 1. The second kappa shape index (κ2) is 8.87. The van der Waals surface area contributed by atoms with Crippen LogP contribution in [-0.2, 0) is 11.3 Å². The van der Waals surface area contributed by atoms with Gasteiger partial charge in [-0.15, -0.1) is 0 Å². The van der Waals surface area contributed by atoms with E-state index < -0.39 is 0 Å². The maximum absolute atomic E-state index is 13.2.